The molecule has 84 valence electrons. The lowest BCUT2D eigenvalue weighted by atomic mass is 10.2. The number of hydrogen-bond donors (Lipinski definition) is 0. The molecule has 1 atom stereocenters. The number of esters is 2. The van der Waals surface area contributed by atoms with Crippen LogP contribution in [0.3, 0.4) is 0 Å². The van der Waals surface area contributed by atoms with E-state index in [1.165, 1.54) is 13.8 Å². The summed E-state index contributed by atoms with van der Waals surface area (Å²) in [4.78, 5) is 33.1. The van der Waals surface area contributed by atoms with Crippen LogP contribution in [0.5, 0.6) is 0 Å². The van der Waals surface area contributed by atoms with Crippen molar-refractivity contribution in [3.05, 3.63) is 12.2 Å². The van der Waals surface area contributed by atoms with Gasteiger partial charge in [0.25, 0.3) is 0 Å². The van der Waals surface area contributed by atoms with Crippen molar-refractivity contribution in [2.45, 2.75) is 33.5 Å². The molecule has 0 saturated carbocycles. The predicted molar refractivity (Wildman–Crippen MR) is 51.8 cm³/mol. The number of hydrogen-bond acceptors (Lipinski definition) is 5. The summed E-state index contributed by atoms with van der Waals surface area (Å²) in [6.45, 7) is 8.27. The van der Waals surface area contributed by atoms with Crippen molar-refractivity contribution in [3.8, 4) is 0 Å². The van der Waals surface area contributed by atoms with Gasteiger partial charge >= 0.3 is 17.7 Å². The number of ether oxygens (including phenoxy) is 2. The summed E-state index contributed by atoms with van der Waals surface area (Å²) in [6.07, 6.45) is 0. The molecule has 0 N–H and O–H groups in total. The van der Waals surface area contributed by atoms with E-state index in [-0.39, 0.29) is 5.57 Å². The van der Waals surface area contributed by atoms with Gasteiger partial charge in [-0.05, 0) is 6.92 Å². The molecule has 0 aromatic rings. The smallest absolute Gasteiger partial charge is 0.336 e. The van der Waals surface area contributed by atoms with E-state index in [1.54, 1.807) is 0 Å². The molecular weight excluding hydrogens is 200 g/mol. The fourth-order valence-electron chi connectivity index (χ4n) is 0.703. The molecule has 0 spiro atoms. The van der Waals surface area contributed by atoms with E-state index in [4.69, 9.17) is 4.74 Å². The molecule has 0 fully saturated rings. The molecule has 5 heteroatoms. The molecule has 0 aromatic heterocycles. The Labute approximate surface area is 88.0 Å². The second-order valence-corrected chi connectivity index (χ2v) is 3.27. The van der Waals surface area contributed by atoms with E-state index in [9.17, 15) is 14.4 Å². The molecule has 0 aliphatic heterocycles. The summed E-state index contributed by atoms with van der Waals surface area (Å²) in [6, 6.07) is 0. The van der Waals surface area contributed by atoms with E-state index in [0.717, 1.165) is 13.8 Å². The molecule has 0 bridgehead atoms. The Balaban J connectivity index is 4.81. The van der Waals surface area contributed by atoms with Crippen molar-refractivity contribution in [3.63, 3.8) is 0 Å². The predicted octanol–water partition coefficient (Wildman–Crippen LogP) is 0.974. The van der Waals surface area contributed by atoms with Gasteiger partial charge in [-0.3, -0.25) is 9.59 Å². The summed E-state index contributed by atoms with van der Waals surface area (Å²) in [5.41, 5.74) is 0.120. The van der Waals surface area contributed by atoms with Gasteiger partial charge in [0, 0.05) is 26.3 Å². The molecule has 0 aromatic carbocycles. The maximum Gasteiger partial charge on any atom is 0.336 e. The highest BCUT2D eigenvalue weighted by Gasteiger charge is 2.37. The zero-order chi connectivity index (χ0) is 12.2. The third-order valence-electron chi connectivity index (χ3n) is 1.61. The first kappa shape index (κ1) is 13.4. The third kappa shape index (κ3) is 3.93. The molecule has 5 nitrogen and oxygen atoms in total. The summed E-state index contributed by atoms with van der Waals surface area (Å²) >= 11 is 0. The summed E-state index contributed by atoms with van der Waals surface area (Å²) in [5, 5.41) is 0. The molecule has 0 aliphatic rings. The van der Waals surface area contributed by atoms with Gasteiger partial charge in [0.1, 0.15) is 0 Å². The molecule has 15 heavy (non-hydrogen) atoms. The molecular formula is C10H14O5. The van der Waals surface area contributed by atoms with Gasteiger partial charge in [0.15, 0.2) is 0 Å². The molecule has 0 aliphatic carbocycles. The minimum atomic E-state index is -1.87. The van der Waals surface area contributed by atoms with Crippen LogP contribution in [-0.2, 0) is 23.9 Å². The minimum Gasteiger partial charge on any atom is -0.415 e. The van der Waals surface area contributed by atoms with Gasteiger partial charge in [0.2, 0.25) is 5.78 Å². The zero-order valence-electron chi connectivity index (χ0n) is 9.25. The highest BCUT2D eigenvalue weighted by atomic mass is 16.7. The number of carbonyl (C=O) groups excluding carboxylic acids is 3. The molecule has 0 amide bonds. The van der Waals surface area contributed by atoms with Crippen LogP contribution < -0.4 is 0 Å². The maximum absolute atomic E-state index is 11.2. The van der Waals surface area contributed by atoms with Crippen LogP contribution in [-0.4, -0.2) is 23.5 Å². The molecule has 0 rings (SSSR count). The van der Waals surface area contributed by atoms with Gasteiger partial charge in [-0.2, -0.15) is 0 Å². The SMILES string of the molecule is C=C(C)C(=O)OC(C)(OC(C)=O)C(C)=O. The Morgan fingerprint density at radius 2 is 1.53 bits per heavy atom. The fourth-order valence-corrected chi connectivity index (χ4v) is 0.703. The van der Waals surface area contributed by atoms with Crippen LogP contribution in [0.2, 0.25) is 0 Å². The Hall–Kier alpha value is -1.65. The Kier molecular flexibility index (Phi) is 4.21. The standard InChI is InChI=1S/C10H14O5/c1-6(2)9(13)15-10(5,7(3)11)14-8(4)12/h1H2,2-5H3. The van der Waals surface area contributed by atoms with Crippen molar-refractivity contribution in [2.24, 2.45) is 0 Å². The van der Waals surface area contributed by atoms with Crippen LogP contribution in [0.4, 0.5) is 0 Å². The van der Waals surface area contributed by atoms with Gasteiger partial charge in [0.05, 0.1) is 0 Å². The average molecular weight is 214 g/mol. The van der Waals surface area contributed by atoms with Crippen molar-refractivity contribution in [1.82, 2.24) is 0 Å². The van der Waals surface area contributed by atoms with E-state index in [2.05, 4.69) is 11.3 Å². The van der Waals surface area contributed by atoms with Crippen LogP contribution in [0, 0.1) is 0 Å². The summed E-state index contributed by atoms with van der Waals surface area (Å²) < 4.78 is 9.39. The van der Waals surface area contributed by atoms with Crippen LogP contribution in [0.1, 0.15) is 27.7 Å². The second-order valence-electron chi connectivity index (χ2n) is 3.27. The monoisotopic (exact) mass is 214 g/mol. The van der Waals surface area contributed by atoms with Crippen molar-refractivity contribution in [2.75, 3.05) is 0 Å². The third-order valence-corrected chi connectivity index (χ3v) is 1.61. The first-order valence-corrected chi connectivity index (χ1v) is 4.28. The summed E-state index contributed by atoms with van der Waals surface area (Å²) in [7, 11) is 0. The van der Waals surface area contributed by atoms with Crippen LogP contribution in [0.25, 0.3) is 0 Å². The largest absolute Gasteiger partial charge is 0.415 e. The topological polar surface area (TPSA) is 69.7 Å². The zero-order valence-corrected chi connectivity index (χ0v) is 9.25. The van der Waals surface area contributed by atoms with Crippen molar-refractivity contribution in [1.29, 1.82) is 0 Å². The fraction of sp³-hybridized carbons (Fsp3) is 0.500. The van der Waals surface area contributed by atoms with E-state index in [1.807, 2.05) is 0 Å². The molecule has 0 radical (unpaired) electrons. The van der Waals surface area contributed by atoms with Crippen molar-refractivity contribution < 1.29 is 23.9 Å². The molecule has 1 unspecified atom stereocenters. The number of carbonyl (C=O) groups is 3. The van der Waals surface area contributed by atoms with Gasteiger partial charge in [-0.1, -0.05) is 6.58 Å². The number of rotatable bonds is 4. The summed E-state index contributed by atoms with van der Waals surface area (Å²) in [5.74, 6) is -3.94. The normalized spacial score (nSPS) is 13.6. The van der Waals surface area contributed by atoms with Crippen molar-refractivity contribution >= 4 is 17.7 Å². The lowest BCUT2D eigenvalue weighted by molar-refractivity contribution is -0.216. The van der Waals surface area contributed by atoms with Gasteiger partial charge in [-0.15, -0.1) is 0 Å². The van der Waals surface area contributed by atoms with Crippen LogP contribution in [0.15, 0.2) is 12.2 Å². The first-order valence-electron chi connectivity index (χ1n) is 4.28. The van der Waals surface area contributed by atoms with Gasteiger partial charge in [-0.25, -0.2) is 4.79 Å². The quantitative estimate of drug-likeness (QED) is 0.396. The number of Topliss-reactive ketones (excluding diaryl/α,β-unsaturated/α-hetero) is 1. The molecule has 0 heterocycles. The Morgan fingerprint density at radius 3 is 1.80 bits per heavy atom. The lowest BCUT2D eigenvalue weighted by Crippen LogP contribution is -2.43. The van der Waals surface area contributed by atoms with E-state index < -0.39 is 23.5 Å². The lowest BCUT2D eigenvalue weighted by Gasteiger charge is -2.25. The first-order chi connectivity index (χ1) is 6.69. The van der Waals surface area contributed by atoms with Crippen LogP contribution >= 0.6 is 0 Å². The Bertz CT molecular complexity index is 318. The highest BCUT2D eigenvalue weighted by Crippen LogP contribution is 2.16. The van der Waals surface area contributed by atoms with Gasteiger partial charge < -0.3 is 9.47 Å². The minimum absolute atomic E-state index is 0.120. The Morgan fingerprint density at radius 1 is 1.07 bits per heavy atom. The van der Waals surface area contributed by atoms with E-state index >= 15 is 0 Å². The number of ketones is 1. The van der Waals surface area contributed by atoms with E-state index in [0.29, 0.717) is 0 Å². The maximum atomic E-state index is 11.2. The average Bonchev–Trinajstić information content (AvgIpc) is 2.01. The highest BCUT2D eigenvalue weighted by molar-refractivity contribution is 5.92. The second kappa shape index (κ2) is 4.72. The molecule has 0 saturated heterocycles.